The van der Waals surface area contributed by atoms with Crippen LogP contribution >= 0.6 is 15.9 Å². The third kappa shape index (κ3) is 2.45. The molecule has 1 aromatic rings. The van der Waals surface area contributed by atoms with Crippen molar-refractivity contribution in [3.63, 3.8) is 0 Å². The number of methoxy groups -OCH3 is 1. The molecular weight excluding hydrogens is 362 g/mol. The standard InChI is InChI=1S/C17H18BrNO4/c1-10(2)6-7-17-9-14(20)23-15(17)19(16(21)22-3)13-8-11(18)4-5-12(13)17/h4-6,8,15H,7,9H2,1-3H3. The molecule has 2 unspecified atom stereocenters. The molecular formula is C17H18BrNO4. The summed E-state index contributed by atoms with van der Waals surface area (Å²) in [5, 5.41) is 0. The predicted octanol–water partition coefficient (Wildman–Crippen LogP) is 3.90. The van der Waals surface area contributed by atoms with Gasteiger partial charge in [0, 0.05) is 4.47 Å². The topological polar surface area (TPSA) is 55.8 Å². The van der Waals surface area contributed by atoms with E-state index < -0.39 is 17.7 Å². The first-order chi connectivity index (χ1) is 10.9. The van der Waals surface area contributed by atoms with Crippen molar-refractivity contribution >= 4 is 33.7 Å². The van der Waals surface area contributed by atoms with Gasteiger partial charge in [0.05, 0.1) is 24.6 Å². The Balaban J connectivity index is 2.18. The van der Waals surface area contributed by atoms with E-state index in [2.05, 4.69) is 22.0 Å². The fourth-order valence-corrected chi connectivity index (χ4v) is 3.71. The van der Waals surface area contributed by atoms with Crippen LogP contribution < -0.4 is 4.90 Å². The minimum absolute atomic E-state index is 0.254. The minimum atomic E-state index is -0.664. The lowest BCUT2D eigenvalue weighted by atomic mass is 9.76. The molecule has 0 N–H and O–H groups in total. The molecule has 0 saturated carbocycles. The second kappa shape index (κ2) is 5.67. The second-order valence-electron chi connectivity index (χ2n) is 6.16. The molecule has 3 rings (SSSR count). The molecule has 1 fully saturated rings. The molecule has 5 nitrogen and oxygen atoms in total. The minimum Gasteiger partial charge on any atom is -0.452 e. The van der Waals surface area contributed by atoms with E-state index in [0.717, 1.165) is 21.3 Å². The van der Waals surface area contributed by atoms with E-state index in [-0.39, 0.29) is 12.4 Å². The van der Waals surface area contributed by atoms with Crippen LogP contribution in [-0.4, -0.2) is 25.4 Å². The number of ether oxygens (including phenoxy) is 2. The van der Waals surface area contributed by atoms with Crippen LogP contribution in [0.2, 0.25) is 0 Å². The number of carbonyl (C=O) groups excluding carboxylic acids is 2. The van der Waals surface area contributed by atoms with Gasteiger partial charge in [0.2, 0.25) is 0 Å². The molecule has 2 atom stereocenters. The Bertz CT molecular complexity index is 711. The Morgan fingerprint density at radius 1 is 1.52 bits per heavy atom. The van der Waals surface area contributed by atoms with Crippen molar-refractivity contribution in [1.29, 1.82) is 0 Å². The molecule has 2 aliphatic heterocycles. The van der Waals surface area contributed by atoms with E-state index in [9.17, 15) is 9.59 Å². The lowest BCUT2D eigenvalue weighted by Gasteiger charge is -2.28. The van der Waals surface area contributed by atoms with Crippen molar-refractivity contribution < 1.29 is 19.1 Å². The number of benzene rings is 1. The smallest absolute Gasteiger partial charge is 0.417 e. The first-order valence-corrected chi connectivity index (χ1v) is 8.18. The lowest BCUT2D eigenvalue weighted by molar-refractivity contribution is -0.141. The van der Waals surface area contributed by atoms with Crippen LogP contribution in [-0.2, 0) is 19.7 Å². The normalized spacial score (nSPS) is 24.8. The highest BCUT2D eigenvalue weighted by molar-refractivity contribution is 9.10. The van der Waals surface area contributed by atoms with Gasteiger partial charge in [0.15, 0.2) is 6.23 Å². The largest absolute Gasteiger partial charge is 0.452 e. The van der Waals surface area contributed by atoms with Crippen molar-refractivity contribution in [2.24, 2.45) is 0 Å². The number of hydrogen-bond acceptors (Lipinski definition) is 4. The van der Waals surface area contributed by atoms with Crippen molar-refractivity contribution in [1.82, 2.24) is 0 Å². The average Bonchev–Trinajstić information content (AvgIpc) is 2.94. The van der Waals surface area contributed by atoms with E-state index in [1.54, 1.807) is 0 Å². The molecule has 6 heteroatoms. The number of fused-ring (bicyclic) bond motifs is 3. The molecule has 2 heterocycles. The highest BCUT2D eigenvalue weighted by Gasteiger charge is 2.60. The lowest BCUT2D eigenvalue weighted by Crippen LogP contribution is -2.45. The van der Waals surface area contributed by atoms with Crippen LogP contribution in [0.5, 0.6) is 0 Å². The summed E-state index contributed by atoms with van der Waals surface area (Å²) < 4.78 is 11.3. The fraction of sp³-hybridized carbons (Fsp3) is 0.412. The number of nitrogens with zero attached hydrogens (tertiary/aromatic N) is 1. The van der Waals surface area contributed by atoms with Gasteiger partial charge in [-0.05, 0) is 38.0 Å². The molecule has 0 aromatic heterocycles. The molecule has 1 saturated heterocycles. The van der Waals surface area contributed by atoms with E-state index in [4.69, 9.17) is 9.47 Å². The van der Waals surface area contributed by atoms with Crippen molar-refractivity contribution in [2.75, 3.05) is 12.0 Å². The summed E-state index contributed by atoms with van der Waals surface area (Å²) in [4.78, 5) is 25.8. The van der Waals surface area contributed by atoms with Gasteiger partial charge in [-0.2, -0.15) is 0 Å². The van der Waals surface area contributed by atoms with Gasteiger partial charge in [-0.25, -0.2) is 9.69 Å². The van der Waals surface area contributed by atoms with Crippen LogP contribution in [0.4, 0.5) is 10.5 Å². The number of rotatable bonds is 2. The number of anilines is 1. The molecule has 23 heavy (non-hydrogen) atoms. The van der Waals surface area contributed by atoms with Gasteiger partial charge >= 0.3 is 12.1 Å². The highest BCUT2D eigenvalue weighted by atomic mass is 79.9. The zero-order chi connectivity index (χ0) is 16.8. The van der Waals surface area contributed by atoms with Gasteiger partial charge in [0.1, 0.15) is 0 Å². The van der Waals surface area contributed by atoms with Crippen LogP contribution in [0.3, 0.4) is 0 Å². The van der Waals surface area contributed by atoms with Crippen LogP contribution in [0.25, 0.3) is 0 Å². The Hall–Kier alpha value is -1.82. The summed E-state index contributed by atoms with van der Waals surface area (Å²) in [7, 11) is 1.33. The van der Waals surface area contributed by atoms with Gasteiger partial charge in [-0.15, -0.1) is 0 Å². The Labute approximate surface area is 143 Å². The summed E-state index contributed by atoms with van der Waals surface area (Å²) in [5.41, 5.74) is 2.27. The first-order valence-electron chi connectivity index (χ1n) is 7.39. The quantitative estimate of drug-likeness (QED) is 0.577. The predicted molar refractivity (Wildman–Crippen MR) is 89.2 cm³/mol. The average molecular weight is 380 g/mol. The van der Waals surface area contributed by atoms with Crippen molar-refractivity contribution in [3.8, 4) is 0 Å². The third-order valence-corrected chi connectivity index (χ3v) is 4.90. The Morgan fingerprint density at radius 2 is 2.26 bits per heavy atom. The number of amides is 1. The monoisotopic (exact) mass is 379 g/mol. The Kier molecular flexibility index (Phi) is 3.96. The highest BCUT2D eigenvalue weighted by Crippen LogP contribution is 2.54. The second-order valence-corrected chi connectivity index (χ2v) is 7.08. The van der Waals surface area contributed by atoms with Crippen LogP contribution in [0.15, 0.2) is 34.3 Å². The summed E-state index contributed by atoms with van der Waals surface area (Å²) >= 11 is 3.44. The zero-order valence-corrected chi connectivity index (χ0v) is 14.8. The summed E-state index contributed by atoms with van der Waals surface area (Å²) in [6.45, 7) is 4.03. The van der Waals surface area contributed by atoms with E-state index in [1.807, 2.05) is 32.0 Å². The number of hydrogen-bond donors (Lipinski definition) is 0. The van der Waals surface area contributed by atoms with E-state index in [0.29, 0.717) is 6.42 Å². The molecule has 0 aliphatic carbocycles. The van der Waals surface area contributed by atoms with Gasteiger partial charge < -0.3 is 9.47 Å². The maximum absolute atomic E-state index is 12.3. The van der Waals surface area contributed by atoms with Gasteiger partial charge in [0.25, 0.3) is 0 Å². The third-order valence-electron chi connectivity index (χ3n) is 4.41. The molecule has 122 valence electrons. The molecule has 0 bridgehead atoms. The number of allylic oxidation sites excluding steroid dienone is 2. The molecule has 1 aromatic carbocycles. The molecule has 2 aliphatic rings. The molecule has 0 radical (unpaired) electrons. The van der Waals surface area contributed by atoms with E-state index >= 15 is 0 Å². The molecule has 1 amide bonds. The zero-order valence-electron chi connectivity index (χ0n) is 13.3. The molecule has 0 spiro atoms. The van der Waals surface area contributed by atoms with Crippen LogP contribution in [0, 0.1) is 0 Å². The maximum atomic E-state index is 12.3. The SMILES string of the molecule is COC(=O)N1c2cc(Br)ccc2C2(CC=C(C)C)CC(=O)OC12. The summed E-state index contributed by atoms with van der Waals surface area (Å²) in [6, 6.07) is 5.74. The van der Waals surface area contributed by atoms with Gasteiger partial charge in [-0.1, -0.05) is 33.6 Å². The van der Waals surface area contributed by atoms with Crippen LogP contribution in [0.1, 0.15) is 32.3 Å². The number of esters is 1. The number of halogens is 1. The summed E-state index contributed by atoms with van der Waals surface area (Å²) in [5.74, 6) is -0.292. The van der Waals surface area contributed by atoms with Crippen molar-refractivity contribution in [2.45, 2.75) is 38.3 Å². The Morgan fingerprint density at radius 3 is 2.91 bits per heavy atom. The number of carbonyl (C=O) groups is 2. The van der Waals surface area contributed by atoms with Gasteiger partial charge in [-0.3, -0.25) is 4.79 Å². The fourth-order valence-electron chi connectivity index (χ4n) is 3.37. The van der Waals surface area contributed by atoms with Crippen molar-refractivity contribution in [3.05, 3.63) is 39.9 Å². The van der Waals surface area contributed by atoms with E-state index in [1.165, 1.54) is 12.0 Å². The maximum Gasteiger partial charge on any atom is 0.417 e. The summed E-state index contributed by atoms with van der Waals surface area (Å²) in [6.07, 6.45) is 1.78. The first kappa shape index (κ1) is 16.1.